The maximum Gasteiger partial charge on any atom is 0.310 e. The minimum absolute atomic E-state index is 0.174. The molecule has 2 aromatic rings. The molecular weight excluding hydrogens is 424 g/mol. The Morgan fingerprint density at radius 2 is 1.93 bits per heavy atom. The minimum atomic E-state index is -3.71. The van der Waals surface area contributed by atoms with E-state index in [9.17, 15) is 18.3 Å². The number of carbonyl (C=O) groups is 1. The summed E-state index contributed by atoms with van der Waals surface area (Å²) in [6.07, 6.45) is 1.18. The fourth-order valence-corrected chi connectivity index (χ4v) is 6.27. The summed E-state index contributed by atoms with van der Waals surface area (Å²) in [4.78, 5) is 13.8. The zero-order valence-corrected chi connectivity index (χ0v) is 18.6. The van der Waals surface area contributed by atoms with Gasteiger partial charge in [0.05, 0.1) is 10.8 Å². The molecule has 1 N–H and O–H groups in total. The van der Waals surface area contributed by atoms with E-state index in [-0.39, 0.29) is 10.9 Å². The van der Waals surface area contributed by atoms with Crippen molar-refractivity contribution in [1.29, 1.82) is 0 Å². The van der Waals surface area contributed by atoms with E-state index in [4.69, 9.17) is 11.6 Å². The molecule has 160 valence electrons. The number of anilines is 1. The number of rotatable bonds is 4. The van der Waals surface area contributed by atoms with Gasteiger partial charge in [-0.2, -0.15) is 4.31 Å². The summed E-state index contributed by atoms with van der Waals surface area (Å²) in [6.45, 7) is 5.32. The lowest BCUT2D eigenvalue weighted by Crippen LogP contribution is -2.54. The second-order valence-corrected chi connectivity index (χ2v) is 10.4. The number of aliphatic carboxylic acids is 1. The van der Waals surface area contributed by atoms with Gasteiger partial charge < -0.3 is 10.0 Å². The first-order chi connectivity index (χ1) is 14.2. The number of benzene rings is 2. The molecule has 0 spiro atoms. The SMILES string of the molecule is Cc1ccc(N2CCN(S(=O)(=O)c3ccc4c(c3)C(C(=O)O)CC4)[C@@H](C)C2)cc1Cl. The molecule has 2 atom stereocenters. The second kappa shape index (κ2) is 7.87. The highest BCUT2D eigenvalue weighted by molar-refractivity contribution is 7.89. The molecule has 1 aliphatic heterocycles. The van der Waals surface area contributed by atoms with Crippen LogP contribution in [0.4, 0.5) is 5.69 Å². The van der Waals surface area contributed by atoms with Crippen LogP contribution in [0, 0.1) is 6.92 Å². The molecule has 1 fully saturated rings. The number of hydrogen-bond donors (Lipinski definition) is 1. The third-order valence-electron chi connectivity index (χ3n) is 6.19. The molecule has 1 aliphatic carbocycles. The molecule has 0 amide bonds. The fraction of sp³-hybridized carbons (Fsp3) is 0.409. The first kappa shape index (κ1) is 21.2. The monoisotopic (exact) mass is 448 g/mol. The first-order valence-corrected chi connectivity index (χ1v) is 11.9. The van der Waals surface area contributed by atoms with E-state index < -0.39 is 21.9 Å². The second-order valence-electron chi connectivity index (χ2n) is 8.13. The Labute approximate surface area is 182 Å². The highest BCUT2D eigenvalue weighted by Crippen LogP contribution is 2.36. The van der Waals surface area contributed by atoms with Crippen LogP contribution in [0.3, 0.4) is 0 Å². The van der Waals surface area contributed by atoms with Crippen molar-refractivity contribution in [3.8, 4) is 0 Å². The number of hydrogen-bond acceptors (Lipinski definition) is 4. The Bertz CT molecular complexity index is 1100. The van der Waals surface area contributed by atoms with Gasteiger partial charge >= 0.3 is 5.97 Å². The molecule has 8 heteroatoms. The molecule has 1 unspecified atom stereocenters. The van der Waals surface area contributed by atoms with Crippen molar-refractivity contribution in [1.82, 2.24) is 4.31 Å². The average Bonchev–Trinajstić information content (AvgIpc) is 3.13. The van der Waals surface area contributed by atoms with E-state index >= 15 is 0 Å². The number of fused-ring (bicyclic) bond motifs is 1. The molecule has 6 nitrogen and oxygen atoms in total. The van der Waals surface area contributed by atoms with Gasteiger partial charge in [0, 0.05) is 36.4 Å². The molecule has 0 aromatic heterocycles. The quantitative estimate of drug-likeness (QED) is 0.772. The summed E-state index contributed by atoms with van der Waals surface area (Å²) in [6, 6.07) is 10.6. The van der Waals surface area contributed by atoms with Crippen LogP contribution in [0.25, 0.3) is 0 Å². The molecule has 0 bridgehead atoms. The Hall–Kier alpha value is -2.09. The van der Waals surface area contributed by atoms with Crippen LogP contribution in [-0.4, -0.2) is 49.5 Å². The predicted molar refractivity (Wildman–Crippen MR) is 117 cm³/mol. The molecule has 0 saturated carbocycles. The zero-order valence-electron chi connectivity index (χ0n) is 17.0. The topological polar surface area (TPSA) is 77.9 Å². The van der Waals surface area contributed by atoms with Gasteiger partial charge in [-0.25, -0.2) is 8.42 Å². The molecule has 30 heavy (non-hydrogen) atoms. The van der Waals surface area contributed by atoms with Crippen molar-refractivity contribution in [2.24, 2.45) is 0 Å². The van der Waals surface area contributed by atoms with E-state index in [0.29, 0.717) is 43.1 Å². The molecule has 2 aliphatic rings. The fourth-order valence-electron chi connectivity index (χ4n) is 4.44. The lowest BCUT2D eigenvalue weighted by atomic mass is 10.0. The van der Waals surface area contributed by atoms with Crippen LogP contribution in [0.15, 0.2) is 41.3 Å². The lowest BCUT2D eigenvalue weighted by molar-refractivity contribution is -0.138. The summed E-state index contributed by atoms with van der Waals surface area (Å²) in [5, 5.41) is 10.1. The Morgan fingerprint density at radius 1 is 1.17 bits per heavy atom. The maximum atomic E-state index is 13.4. The zero-order chi connectivity index (χ0) is 21.6. The number of nitrogens with zero attached hydrogens (tertiary/aromatic N) is 2. The largest absolute Gasteiger partial charge is 0.481 e. The van der Waals surface area contributed by atoms with Gasteiger partial charge in [-0.15, -0.1) is 0 Å². The van der Waals surface area contributed by atoms with Crippen molar-refractivity contribution >= 4 is 33.3 Å². The predicted octanol–water partition coefficient (Wildman–Crippen LogP) is 3.66. The van der Waals surface area contributed by atoms with E-state index in [0.717, 1.165) is 16.8 Å². The summed E-state index contributed by atoms with van der Waals surface area (Å²) in [7, 11) is -3.71. The van der Waals surface area contributed by atoms with Gasteiger partial charge in [0.1, 0.15) is 0 Å². The molecule has 1 saturated heterocycles. The van der Waals surface area contributed by atoms with Crippen molar-refractivity contribution in [3.63, 3.8) is 0 Å². The van der Waals surface area contributed by atoms with E-state index in [2.05, 4.69) is 4.90 Å². The van der Waals surface area contributed by atoms with E-state index in [1.54, 1.807) is 18.2 Å². The first-order valence-electron chi connectivity index (χ1n) is 10.1. The third-order valence-corrected chi connectivity index (χ3v) is 8.60. The molecule has 0 radical (unpaired) electrons. The number of carboxylic acid groups (broad SMARTS) is 1. The van der Waals surface area contributed by atoms with Crippen LogP contribution >= 0.6 is 11.6 Å². The van der Waals surface area contributed by atoms with Crippen molar-refractivity contribution in [2.45, 2.75) is 43.5 Å². The molecular formula is C22H25ClN2O4S. The normalized spacial score (nSPS) is 22.2. The van der Waals surface area contributed by atoms with E-state index in [1.165, 1.54) is 4.31 Å². The summed E-state index contributed by atoms with van der Waals surface area (Å²) in [5.74, 6) is -1.53. The summed E-state index contributed by atoms with van der Waals surface area (Å²) in [5.41, 5.74) is 3.54. The highest BCUT2D eigenvalue weighted by Gasteiger charge is 2.36. The third kappa shape index (κ3) is 3.70. The smallest absolute Gasteiger partial charge is 0.310 e. The molecule has 1 heterocycles. The minimum Gasteiger partial charge on any atom is -0.481 e. The number of aryl methyl sites for hydroxylation is 2. The number of carboxylic acids is 1. The van der Waals surface area contributed by atoms with Gasteiger partial charge in [0.2, 0.25) is 10.0 Å². The van der Waals surface area contributed by atoms with Crippen LogP contribution in [0.5, 0.6) is 0 Å². The van der Waals surface area contributed by atoms with Crippen molar-refractivity contribution in [2.75, 3.05) is 24.5 Å². The van der Waals surface area contributed by atoms with Crippen molar-refractivity contribution < 1.29 is 18.3 Å². The van der Waals surface area contributed by atoms with Gasteiger partial charge in [-0.1, -0.05) is 23.7 Å². The standard InChI is InChI=1S/C22H25ClN2O4S/c1-14-3-6-17(11-21(14)23)24-9-10-25(15(2)13-24)30(28,29)18-7-4-16-5-8-19(22(26)27)20(16)12-18/h3-4,6-7,11-12,15,19H,5,8-10,13H2,1-2H3,(H,26,27)/t15-,19?/m0/s1. The van der Waals surface area contributed by atoms with Gasteiger partial charge in [-0.05, 0) is 67.6 Å². The Kier molecular flexibility index (Phi) is 5.55. The van der Waals surface area contributed by atoms with Gasteiger partial charge in [-0.3, -0.25) is 4.79 Å². The Morgan fingerprint density at radius 3 is 2.60 bits per heavy atom. The lowest BCUT2D eigenvalue weighted by Gasteiger charge is -2.40. The molecule has 4 rings (SSSR count). The van der Waals surface area contributed by atoms with E-state index in [1.807, 2.05) is 32.0 Å². The van der Waals surface area contributed by atoms with Crippen LogP contribution in [-0.2, 0) is 21.2 Å². The molecule has 2 aromatic carbocycles. The van der Waals surface area contributed by atoms with Gasteiger partial charge in [0.15, 0.2) is 0 Å². The van der Waals surface area contributed by atoms with Crippen LogP contribution in [0.2, 0.25) is 5.02 Å². The highest BCUT2D eigenvalue weighted by atomic mass is 35.5. The number of halogens is 1. The van der Waals surface area contributed by atoms with Crippen LogP contribution < -0.4 is 4.90 Å². The Balaban J connectivity index is 1.57. The van der Waals surface area contributed by atoms with Gasteiger partial charge in [0.25, 0.3) is 0 Å². The van der Waals surface area contributed by atoms with Crippen LogP contribution in [0.1, 0.15) is 36.0 Å². The summed E-state index contributed by atoms with van der Waals surface area (Å²) >= 11 is 6.26. The summed E-state index contributed by atoms with van der Waals surface area (Å²) < 4.78 is 28.2. The number of sulfonamides is 1. The number of piperazine rings is 1. The maximum absolute atomic E-state index is 13.4. The van der Waals surface area contributed by atoms with Crippen molar-refractivity contribution in [3.05, 3.63) is 58.1 Å². The average molecular weight is 449 g/mol.